The molecule has 2 aromatic rings. The SMILES string of the molecule is CC1(CNc2ccnc3cc(N)ccc23)CC1. The Morgan fingerprint density at radius 1 is 1.35 bits per heavy atom. The van der Waals surface area contributed by atoms with Crippen molar-refractivity contribution in [1.29, 1.82) is 0 Å². The number of benzene rings is 1. The number of nitrogens with two attached hydrogens (primary N) is 1. The van der Waals surface area contributed by atoms with Gasteiger partial charge in [-0.25, -0.2) is 0 Å². The Morgan fingerprint density at radius 2 is 2.18 bits per heavy atom. The molecule has 1 aromatic carbocycles. The second-order valence-corrected chi connectivity index (χ2v) is 5.30. The number of hydrogen-bond donors (Lipinski definition) is 2. The molecule has 1 heterocycles. The summed E-state index contributed by atoms with van der Waals surface area (Å²) in [6.45, 7) is 3.36. The summed E-state index contributed by atoms with van der Waals surface area (Å²) >= 11 is 0. The highest BCUT2D eigenvalue weighted by Gasteiger charge is 2.36. The summed E-state index contributed by atoms with van der Waals surface area (Å²) in [5.74, 6) is 0. The summed E-state index contributed by atoms with van der Waals surface area (Å²) in [5, 5.41) is 4.67. The lowest BCUT2D eigenvalue weighted by atomic mass is 10.1. The van der Waals surface area contributed by atoms with Gasteiger partial charge in [0.1, 0.15) is 0 Å². The molecule has 1 saturated carbocycles. The van der Waals surface area contributed by atoms with Gasteiger partial charge in [0.2, 0.25) is 0 Å². The average Bonchev–Trinajstić information content (AvgIpc) is 3.05. The number of anilines is 2. The maximum atomic E-state index is 5.77. The highest BCUT2D eigenvalue weighted by atomic mass is 14.9. The molecule has 0 atom stereocenters. The first-order chi connectivity index (χ1) is 8.16. The zero-order chi connectivity index (χ0) is 11.9. The second-order valence-electron chi connectivity index (χ2n) is 5.30. The normalized spacial score (nSPS) is 17.0. The fourth-order valence-electron chi connectivity index (χ4n) is 2.02. The van der Waals surface area contributed by atoms with Gasteiger partial charge < -0.3 is 11.1 Å². The Bertz CT molecular complexity index is 558. The molecule has 17 heavy (non-hydrogen) atoms. The quantitative estimate of drug-likeness (QED) is 0.792. The van der Waals surface area contributed by atoms with Crippen molar-refractivity contribution in [3.05, 3.63) is 30.5 Å². The van der Waals surface area contributed by atoms with E-state index in [-0.39, 0.29) is 0 Å². The summed E-state index contributed by atoms with van der Waals surface area (Å²) in [6, 6.07) is 7.91. The second kappa shape index (κ2) is 3.62. The monoisotopic (exact) mass is 227 g/mol. The largest absolute Gasteiger partial charge is 0.399 e. The van der Waals surface area contributed by atoms with Crippen molar-refractivity contribution in [2.45, 2.75) is 19.8 Å². The van der Waals surface area contributed by atoms with Crippen LogP contribution in [-0.2, 0) is 0 Å². The molecule has 3 rings (SSSR count). The zero-order valence-corrected chi connectivity index (χ0v) is 10.0. The van der Waals surface area contributed by atoms with Gasteiger partial charge in [-0.3, -0.25) is 4.98 Å². The Hall–Kier alpha value is -1.77. The number of pyridine rings is 1. The van der Waals surface area contributed by atoms with E-state index in [1.165, 1.54) is 12.8 Å². The van der Waals surface area contributed by atoms with Crippen LogP contribution in [0.1, 0.15) is 19.8 Å². The van der Waals surface area contributed by atoms with E-state index in [1.54, 1.807) is 0 Å². The maximum Gasteiger partial charge on any atom is 0.0743 e. The lowest BCUT2D eigenvalue weighted by Gasteiger charge is -2.13. The highest BCUT2D eigenvalue weighted by molar-refractivity contribution is 5.92. The minimum absolute atomic E-state index is 0.503. The molecule has 1 aromatic heterocycles. The third kappa shape index (κ3) is 2.05. The van der Waals surface area contributed by atoms with Gasteiger partial charge in [0.25, 0.3) is 0 Å². The first-order valence-electron chi connectivity index (χ1n) is 6.04. The van der Waals surface area contributed by atoms with E-state index in [9.17, 15) is 0 Å². The molecular formula is C14H17N3. The van der Waals surface area contributed by atoms with Gasteiger partial charge in [-0.05, 0) is 42.5 Å². The van der Waals surface area contributed by atoms with Crippen molar-refractivity contribution < 1.29 is 0 Å². The lowest BCUT2D eigenvalue weighted by molar-refractivity contribution is 0.611. The highest BCUT2D eigenvalue weighted by Crippen LogP contribution is 2.45. The molecule has 0 aliphatic heterocycles. The minimum atomic E-state index is 0.503. The van der Waals surface area contributed by atoms with E-state index in [1.807, 2.05) is 30.5 Å². The molecule has 1 aliphatic carbocycles. The smallest absolute Gasteiger partial charge is 0.0743 e. The van der Waals surface area contributed by atoms with E-state index < -0.39 is 0 Å². The van der Waals surface area contributed by atoms with Crippen LogP contribution in [0.2, 0.25) is 0 Å². The summed E-state index contributed by atoms with van der Waals surface area (Å²) in [7, 11) is 0. The van der Waals surface area contributed by atoms with Crippen LogP contribution >= 0.6 is 0 Å². The number of nitrogens with one attached hydrogen (secondary N) is 1. The van der Waals surface area contributed by atoms with Crippen molar-refractivity contribution in [2.24, 2.45) is 5.41 Å². The van der Waals surface area contributed by atoms with E-state index >= 15 is 0 Å². The third-order valence-electron chi connectivity index (χ3n) is 3.58. The van der Waals surface area contributed by atoms with Gasteiger partial charge in [0.15, 0.2) is 0 Å². The number of fused-ring (bicyclic) bond motifs is 1. The first-order valence-corrected chi connectivity index (χ1v) is 6.04. The summed E-state index contributed by atoms with van der Waals surface area (Å²) in [6.07, 6.45) is 4.49. The first kappa shape index (κ1) is 10.4. The van der Waals surface area contributed by atoms with E-state index in [2.05, 4.69) is 17.2 Å². The van der Waals surface area contributed by atoms with Crippen LogP contribution in [0.4, 0.5) is 11.4 Å². The molecule has 0 amide bonds. The number of rotatable bonds is 3. The predicted octanol–water partition coefficient (Wildman–Crippen LogP) is 3.03. The molecule has 3 N–H and O–H groups in total. The Morgan fingerprint density at radius 3 is 2.94 bits per heavy atom. The van der Waals surface area contributed by atoms with E-state index in [0.29, 0.717) is 5.41 Å². The van der Waals surface area contributed by atoms with Gasteiger partial charge in [0, 0.05) is 29.5 Å². The molecular weight excluding hydrogens is 210 g/mol. The van der Waals surface area contributed by atoms with Crippen LogP contribution in [0.25, 0.3) is 10.9 Å². The molecule has 0 spiro atoms. The third-order valence-corrected chi connectivity index (χ3v) is 3.58. The van der Waals surface area contributed by atoms with Gasteiger partial charge in [-0.2, -0.15) is 0 Å². The molecule has 3 nitrogen and oxygen atoms in total. The summed E-state index contributed by atoms with van der Waals surface area (Å²) in [5.41, 5.74) is 9.14. The molecule has 3 heteroatoms. The Kier molecular flexibility index (Phi) is 2.21. The van der Waals surface area contributed by atoms with Gasteiger partial charge in [-0.15, -0.1) is 0 Å². The fourth-order valence-corrected chi connectivity index (χ4v) is 2.02. The van der Waals surface area contributed by atoms with Crippen molar-refractivity contribution in [2.75, 3.05) is 17.6 Å². The van der Waals surface area contributed by atoms with Gasteiger partial charge in [0.05, 0.1) is 5.52 Å². The van der Waals surface area contributed by atoms with Crippen LogP contribution in [-0.4, -0.2) is 11.5 Å². The molecule has 0 radical (unpaired) electrons. The molecule has 88 valence electrons. The van der Waals surface area contributed by atoms with Gasteiger partial charge in [-0.1, -0.05) is 6.92 Å². The number of nitrogen functional groups attached to an aromatic ring is 1. The van der Waals surface area contributed by atoms with Crippen LogP contribution in [0.5, 0.6) is 0 Å². The summed E-state index contributed by atoms with van der Waals surface area (Å²) in [4.78, 5) is 4.34. The maximum absolute atomic E-state index is 5.77. The molecule has 1 aliphatic rings. The van der Waals surface area contributed by atoms with Crippen LogP contribution in [0, 0.1) is 5.41 Å². The van der Waals surface area contributed by atoms with Crippen molar-refractivity contribution in [3.8, 4) is 0 Å². The Balaban J connectivity index is 1.92. The molecule has 0 saturated heterocycles. The minimum Gasteiger partial charge on any atom is -0.399 e. The number of hydrogen-bond acceptors (Lipinski definition) is 3. The molecule has 0 bridgehead atoms. The molecule has 0 unspecified atom stereocenters. The van der Waals surface area contributed by atoms with Crippen LogP contribution in [0.15, 0.2) is 30.5 Å². The van der Waals surface area contributed by atoms with Crippen LogP contribution in [0.3, 0.4) is 0 Å². The average molecular weight is 227 g/mol. The van der Waals surface area contributed by atoms with Crippen molar-refractivity contribution in [1.82, 2.24) is 4.98 Å². The predicted molar refractivity (Wildman–Crippen MR) is 72.0 cm³/mol. The number of aromatic nitrogens is 1. The fraction of sp³-hybridized carbons (Fsp3) is 0.357. The topological polar surface area (TPSA) is 50.9 Å². The zero-order valence-electron chi connectivity index (χ0n) is 10.0. The van der Waals surface area contributed by atoms with E-state index in [0.717, 1.165) is 28.8 Å². The van der Waals surface area contributed by atoms with Crippen molar-refractivity contribution >= 4 is 22.3 Å². The standard InChI is InChI=1S/C14H17N3/c1-14(5-6-14)9-17-12-4-7-16-13-8-10(15)2-3-11(12)13/h2-4,7-8H,5-6,9,15H2,1H3,(H,16,17). The van der Waals surface area contributed by atoms with Crippen molar-refractivity contribution in [3.63, 3.8) is 0 Å². The Labute approximate surface area is 101 Å². The van der Waals surface area contributed by atoms with Crippen LogP contribution < -0.4 is 11.1 Å². The summed E-state index contributed by atoms with van der Waals surface area (Å²) < 4.78 is 0. The van der Waals surface area contributed by atoms with E-state index in [4.69, 9.17) is 5.73 Å². The molecule has 1 fully saturated rings. The lowest BCUT2D eigenvalue weighted by Crippen LogP contribution is -2.11. The van der Waals surface area contributed by atoms with Gasteiger partial charge >= 0.3 is 0 Å². The number of nitrogens with zero attached hydrogens (tertiary/aromatic N) is 1.